The van der Waals surface area contributed by atoms with E-state index in [1.165, 1.54) is 23.3 Å². The first-order valence-corrected chi connectivity index (χ1v) is 7.90. The smallest absolute Gasteiger partial charge is 0.310 e. The van der Waals surface area contributed by atoms with Gasteiger partial charge in [-0.15, -0.1) is 16.4 Å². The van der Waals surface area contributed by atoms with Crippen molar-refractivity contribution >= 4 is 17.3 Å². The highest BCUT2D eigenvalue weighted by molar-refractivity contribution is 7.15. The Morgan fingerprint density at radius 3 is 2.90 bits per heavy atom. The number of rotatable bonds is 4. The lowest BCUT2D eigenvalue weighted by Gasteiger charge is -2.18. The van der Waals surface area contributed by atoms with Gasteiger partial charge in [-0.1, -0.05) is 0 Å². The molecule has 0 bridgehead atoms. The number of thiophene rings is 1. The maximum atomic E-state index is 11.3. The number of aryl methyl sites for hydroxylation is 2. The van der Waals surface area contributed by atoms with Crippen molar-refractivity contribution in [3.63, 3.8) is 0 Å². The van der Waals surface area contributed by atoms with Gasteiger partial charge in [0.15, 0.2) is 5.82 Å². The Balaban J connectivity index is 1.92. The Morgan fingerprint density at radius 2 is 2.19 bits per heavy atom. The summed E-state index contributed by atoms with van der Waals surface area (Å²) in [6, 6.07) is 2.16. The number of tetrazole rings is 1. The lowest BCUT2D eigenvalue weighted by molar-refractivity contribution is -0.147. The molecule has 1 N–H and O–H groups in total. The fourth-order valence-electron chi connectivity index (χ4n) is 2.53. The average Bonchev–Trinajstić information content (AvgIpc) is 3.03. The molecule has 112 valence electrons. The van der Waals surface area contributed by atoms with Crippen LogP contribution in [0, 0.1) is 5.41 Å². The summed E-state index contributed by atoms with van der Waals surface area (Å²) in [5.41, 5.74) is 0.495. The summed E-state index contributed by atoms with van der Waals surface area (Å²) in [6.07, 6.45) is 4.72. The molecule has 0 saturated heterocycles. The van der Waals surface area contributed by atoms with Gasteiger partial charge in [0.2, 0.25) is 0 Å². The molecule has 3 rings (SSSR count). The van der Waals surface area contributed by atoms with Crippen LogP contribution in [0.25, 0.3) is 10.7 Å². The minimum Gasteiger partial charge on any atom is -0.481 e. The number of carbonyl (C=O) groups is 1. The number of carboxylic acid groups (broad SMARTS) is 1. The van der Waals surface area contributed by atoms with Crippen LogP contribution < -0.4 is 0 Å². The molecule has 0 aromatic carbocycles. The van der Waals surface area contributed by atoms with E-state index in [1.54, 1.807) is 29.9 Å². The first-order valence-electron chi connectivity index (χ1n) is 7.09. The zero-order valence-electron chi connectivity index (χ0n) is 12.2. The van der Waals surface area contributed by atoms with E-state index >= 15 is 0 Å². The molecule has 0 atom stereocenters. The first kappa shape index (κ1) is 14.2. The number of aromatic nitrogens is 4. The second-order valence-electron chi connectivity index (χ2n) is 6.12. The fraction of sp³-hybridized carbons (Fsp3) is 0.571. The van der Waals surface area contributed by atoms with Crippen LogP contribution in [0.4, 0.5) is 0 Å². The lowest BCUT2D eigenvalue weighted by atomic mass is 9.94. The molecule has 1 aliphatic rings. The van der Waals surface area contributed by atoms with E-state index in [0.29, 0.717) is 5.82 Å². The molecule has 0 unspecified atom stereocenters. The van der Waals surface area contributed by atoms with E-state index in [0.717, 1.165) is 17.7 Å². The summed E-state index contributed by atoms with van der Waals surface area (Å²) >= 11 is 1.73. The van der Waals surface area contributed by atoms with Crippen molar-refractivity contribution in [3.8, 4) is 10.7 Å². The average molecular weight is 306 g/mol. The third-order valence-corrected chi connectivity index (χ3v) is 5.11. The Morgan fingerprint density at radius 1 is 1.43 bits per heavy atom. The molecule has 2 heterocycles. The maximum absolute atomic E-state index is 11.3. The fourth-order valence-corrected chi connectivity index (χ4v) is 3.77. The largest absolute Gasteiger partial charge is 0.481 e. The zero-order chi connectivity index (χ0) is 15.0. The molecule has 1 aliphatic carbocycles. The normalized spacial score (nSPS) is 15.0. The number of hydrogen-bond acceptors (Lipinski definition) is 5. The monoisotopic (exact) mass is 306 g/mol. The van der Waals surface area contributed by atoms with Crippen LogP contribution in [0.3, 0.4) is 0 Å². The number of aliphatic carboxylic acids is 1. The van der Waals surface area contributed by atoms with Gasteiger partial charge in [0.05, 0.1) is 16.8 Å². The maximum Gasteiger partial charge on any atom is 0.310 e. The molecule has 0 amide bonds. The molecule has 0 spiro atoms. The second-order valence-corrected chi connectivity index (χ2v) is 7.25. The van der Waals surface area contributed by atoms with Crippen LogP contribution >= 0.6 is 11.3 Å². The Labute approximate surface area is 126 Å². The molecule has 21 heavy (non-hydrogen) atoms. The van der Waals surface area contributed by atoms with Gasteiger partial charge < -0.3 is 5.11 Å². The van der Waals surface area contributed by atoms with Gasteiger partial charge in [-0.3, -0.25) is 4.79 Å². The van der Waals surface area contributed by atoms with Gasteiger partial charge in [-0.25, -0.2) is 4.68 Å². The number of nitrogens with zero attached hydrogens (tertiary/aromatic N) is 4. The number of fused-ring (bicyclic) bond motifs is 1. The van der Waals surface area contributed by atoms with E-state index in [9.17, 15) is 9.90 Å². The van der Waals surface area contributed by atoms with Crippen molar-refractivity contribution in [2.75, 3.05) is 0 Å². The van der Waals surface area contributed by atoms with Gasteiger partial charge in [-0.05, 0) is 61.6 Å². The first-order chi connectivity index (χ1) is 9.97. The van der Waals surface area contributed by atoms with E-state index in [4.69, 9.17) is 0 Å². The molecule has 0 saturated carbocycles. The van der Waals surface area contributed by atoms with E-state index in [2.05, 4.69) is 21.6 Å². The summed E-state index contributed by atoms with van der Waals surface area (Å²) in [7, 11) is 0. The standard InChI is InChI=1S/C14H18N4O2S/c1-14(2,13(19)20)8-18-12(15-16-17-18)11-7-9-5-3-4-6-10(9)21-11/h7H,3-6,8H2,1-2H3,(H,19,20). The second kappa shape index (κ2) is 5.22. The summed E-state index contributed by atoms with van der Waals surface area (Å²) in [5, 5.41) is 21.0. The van der Waals surface area contributed by atoms with Crippen LogP contribution in [0.2, 0.25) is 0 Å². The zero-order valence-corrected chi connectivity index (χ0v) is 13.0. The van der Waals surface area contributed by atoms with Gasteiger partial charge >= 0.3 is 5.97 Å². The summed E-state index contributed by atoms with van der Waals surface area (Å²) < 4.78 is 1.60. The van der Waals surface area contributed by atoms with Gasteiger partial charge in [0.1, 0.15) is 0 Å². The van der Waals surface area contributed by atoms with Gasteiger partial charge in [-0.2, -0.15) is 0 Å². The minimum absolute atomic E-state index is 0.257. The number of carboxylic acids is 1. The van der Waals surface area contributed by atoms with E-state index in [-0.39, 0.29) is 6.54 Å². The molecule has 2 aromatic rings. The van der Waals surface area contributed by atoms with E-state index in [1.807, 2.05) is 0 Å². The highest BCUT2D eigenvalue weighted by atomic mass is 32.1. The molecule has 0 aliphatic heterocycles. The quantitative estimate of drug-likeness (QED) is 0.938. The topological polar surface area (TPSA) is 80.9 Å². The molecule has 0 radical (unpaired) electrons. The van der Waals surface area contributed by atoms with Crippen LogP contribution in [0.15, 0.2) is 6.07 Å². The third-order valence-electron chi connectivity index (χ3n) is 3.87. The highest BCUT2D eigenvalue weighted by Gasteiger charge is 2.30. The highest BCUT2D eigenvalue weighted by Crippen LogP contribution is 2.35. The van der Waals surface area contributed by atoms with E-state index < -0.39 is 11.4 Å². The summed E-state index contributed by atoms with van der Waals surface area (Å²) in [6.45, 7) is 3.62. The Bertz CT molecular complexity index is 651. The molecule has 7 heteroatoms. The Kier molecular flexibility index (Phi) is 3.52. The predicted octanol–water partition coefficient (Wildman–Crippen LogP) is 2.39. The molecule has 0 fully saturated rings. The lowest BCUT2D eigenvalue weighted by Crippen LogP contribution is -2.30. The van der Waals surface area contributed by atoms with Crippen molar-refractivity contribution in [1.29, 1.82) is 0 Å². The molecule has 2 aromatic heterocycles. The minimum atomic E-state index is -0.902. The van der Waals surface area contributed by atoms with Crippen molar-refractivity contribution in [3.05, 3.63) is 16.5 Å². The number of hydrogen-bond donors (Lipinski definition) is 1. The van der Waals surface area contributed by atoms with Crippen molar-refractivity contribution in [2.24, 2.45) is 5.41 Å². The SMILES string of the molecule is CC(C)(Cn1nnnc1-c1cc2c(s1)CCCC2)C(=O)O. The summed E-state index contributed by atoms with van der Waals surface area (Å²) in [4.78, 5) is 13.7. The van der Waals surface area contributed by atoms with Crippen LogP contribution in [-0.2, 0) is 24.2 Å². The van der Waals surface area contributed by atoms with Gasteiger partial charge in [0.25, 0.3) is 0 Å². The predicted molar refractivity (Wildman–Crippen MR) is 79.2 cm³/mol. The van der Waals surface area contributed by atoms with Gasteiger partial charge in [0, 0.05) is 4.88 Å². The summed E-state index contributed by atoms with van der Waals surface area (Å²) in [5.74, 6) is -0.182. The van der Waals surface area contributed by atoms with Crippen LogP contribution in [0.1, 0.15) is 37.1 Å². The van der Waals surface area contributed by atoms with Crippen LogP contribution in [-0.4, -0.2) is 31.3 Å². The third kappa shape index (κ3) is 2.70. The molecular weight excluding hydrogens is 288 g/mol. The van der Waals surface area contributed by atoms with Crippen molar-refractivity contribution in [2.45, 2.75) is 46.1 Å². The van der Waals surface area contributed by atoms with Crippen LogP contribution in [0.5, 0.6) is 0 Å². The van der Waals surface area contributed by atoms with Crippen molar-refractivity contribution in [1.82, 2.24) is 20.2 Å². The van der Waals surface area contributed by atoms with Crippen molar-refractivity contribution < 1.29 is 9.90 Å². The Hall–Kier alpha value is -1.76. The molecular formula is C14H18N4O2S. The molecule has 6 nitrogen and oxygen atoms in total.